The largest absolute Gasteiger partial charge is 0.508 e. The lowest BCUT2D eigenvalue weighted by Gasteiger charge is -2.19. The molecule has 192 valence electrons. The first-order chi connectivity index (χ1) is 17.6. The van der Waals surface area contributed by atoms with Crippen LogP contribution in [0.5, 0.6) is 17.2 Å². The molecule has 2 heterocycles. The molecular weight excluding hydrogens is 486 g/mol. The van der Waals surface area contributed by atoms with Crippen molar-refractivity contribution in [2.24, 2.45) is 0 Å². The van der Waals surface area contributed by atoms with Gasteiger partial charge in [0.15, 0.2) is 0 Å². The number of phenols is 2. The minimum atomic E-state index is 0. The summed E-state index contributed by atoms with van der Waals surface area (Å²) >= 11 is 0. The van der Waals surface area contributed by atoms with Crippen molar-refractivity contribution in [3.63, 3.8) is 0 Å². The minimum absolute atomic E-state index is 0. The van der Waals surface area contributed by atoms with Gasteiger partial charge >= 0.3 is 0 Å². The molecule has 2 N–H and O–H groups in total. The van der Waals surface area contributed by atoms with E-state index in [1.54, 1.807) is 24.3 Å². The molecule has 1 fully saturated rings. The molecule has 1 aromatic heterocycles. The van der Waals surface area contributed by atoms with Crippen LogP contribution in [0.2, 0.25) is 0 Å². The average molecular weight is 518 g/mol. The third kappa shape index (κ3) is 5.85. The first kappa shape index (κ1) is 26.4. The molecule has 0 amide bonds. The average Bonchev–Trinajstić information content (AvgIpc) is 3.01. The molecule has 0 bridgehead atoms. The van der Waals surface area contributed by atoms with Crippen molar-refractivity contribution in [2.45, 2.75) is 32.2 Å². The summed E-state index contributed by atoms with van der Waals surface area (Å²) in [5, 5.41) is 31.3. The number of aromatic hydroxyl groups is 2. The number of hydrogen-bond acceptors (Lipinski definition) is 5. The van der Waals surface area contributed by atoms with Gasteiger partial charge in [-0.1, -0.05) is 37.1 Å². The molecule has 5 rings (SSSR count). The predicted octanol–water partition coefficient (Wildman–Crippen LogP) is 6.32. The van der Waals surface area contributed by atoms with Gasteiger partial charge in [0.25, 0.3) is 0 Å². The molecule has 0 radical (unpaired) electrons. The van der Waals surface area contributed by atoms with E-state index in [0.717, 1.165) is 36.5 Å². The van der Waals surface area contributed by atoms with Crippen LogP contribution in [0, 0.1) is 11.3 Å². The molecule has 7 heteroatoms. The van der Waals surface area contributed by atoms with Gasteiger partial charge in [0.05, 0.1) is 16.8 Å². The highest BCUT2D eigenvalue weighted by Gasteiger charge is 2.21. The summed E-state index contributed by atoms with van der Waals surface area (Å²) in [6.45, 7) is 4.45. The van der Waals surface area contributed by atoms with E-state index in [2.05, 4.69) is 11.0 Å². The normalized spacial score (nSPS) is 14.0. The fourth-order valence-electron chi connectivity index (χ4n) is 5.10. The van der Waals surface area contributed by atoms with Gasteiger partial charge in [0, 0.05) is 24.0 Å². The quantitative estimate of drug-likeness (QED) is 0.300. The van der Waals surface area contributed by atoms with Crippen molar-refractivity contribution < 1.29 is 14.9 Å². The zero-order valence-electron chi connectivity index (χ0n) is 20.8. The number of benzene rings is 3. The number of ether oxygens (including phenoxy) is 1. The lowest BCUT2D eigenvalue weighted by atomic mass is 10.0. The van der Waals surface area contributed by atoms with Crippen LogP contribution in [-0.4, -0.2) is 45.9 Å². The minimum Gasteiger partial charge on any atom is -0.508 e. The maximum atomic E-state index is 10.6. The summed E-state index contributed by atoms with van der Waals surface area (Å²) in [6.07, 6.45) is 5.22. The second-order valence-corrected chi connectivity index (χ2v) is 9.39. The van der Waals surface area contributed by atoms with E-state index < -0.39 is 0 Å². The zero-order chi connectivity index (χ0) is 24.9. The number of aromatic nitrogens is 1. The van der Waals surface area contributed by atoms with Gasteiger partial charge in [-0.3, -0.25) is 4.90 Å². The van der Waals surface area contributed by atoms with Gasteiger partial charge in [-0.2, -0.15) is 5.26 Å². The summed E-state index contributed by atoms with van der Waals surface area (Å²) in [4.78, 5) is 2.49. The van der Waals surface area contributed by atoms with Crippen LogP contribution in [0.4, 0.5) is 0 Å². The smallest absolute Gasteiger partial charge is 0.124 e. The number of hydrogen-bond donors (Lipinski definition) is 2. The van der Waals surface area contributed by atoms with Gasteiger partial charge in [-0.15, -0.1) is 12.4 Å². The fraction of sp³-hybridized carbons (Fsp3) is 0.300. The molecule has 0 unspecified atom stereocenters. The van der Waals surface area contributed by atoms with E-state index >= 15 is 0 Å². The third-order valence-corrected chi connectivity index (χ3v) is 6.96. The van der Waals surface area contributed by atoms with Gasteiger partial charge in [0.2, 0.25) is 0 Å². The topological polar surface area (TPSA) is 81.6 Å². The molecular formula is C30H32ClN3O3. The molecule has 0 atom stereocenters. The second-order valence-electron chi connectivity index (χ2n) is 9.39. The molecule has 6 nitrogen and oxygen atoms in total. The predicted molar refractivity (Wildman–Crippen MR) is 149 cm³/mol. The molecule has 1 saturated heterocycles. The highest BCUT2D eigenvalue weighted by Crippen LogP contribution is 2.39. The Hall–Kier alpha value is -3.66. The van der Waals surface area contributed by atoms with Gasteiger partial charge in [-0.05, 0) is 74.0 Å². The van der Waals surface area contributed by atoms with E-state index in [0.29, 0.717) is 35.4 Å². The number of nitrogens with zero attached hydrogens (tertiary/aromatic N) is 3. The van der Waals surface area contributed by atoms with Crippen LogP contribution in [-0.2, 0) is 6.54 Å². The Morgan fingerprint density at radius 2 is 1.62 bits per heavy atom. The second kappa shape index (κ2) is 12.1. The molecule has 37 heavy (non-hydrogen) atoms. The van der Waals surface area contributed by atoms with Crippen molar-refractivity contribution in [1.29, 1.82) is 5.26 Å². The summed E-state index contributed by atoms with van der Waals surface area (Å²) in [6, 6.07) is 22.4. The Labute approximate surface area is 223 Å². The lowest BCUT2D eigenvalue weighted by Crippen LogP contribution is -2.29. The molecule has 0 saturated carbocycles. The SMILES string of the molecule is Cl.N#Cc1c(-c2ccccc2O)n(Cc2ccc(OCCN3CCCCCC3)cc2)c2ccc(O)cc12. The van der Waals surface area contributed by atoms with E-state index in [9.17, 15) is 15.5 Å². The first-order valence-electron chi connectivity index (χ1n) is 12.6. The molecule has 1 aliphatic heterocycles. The van der Waals surface area contributed by atoms with Gasteiger partial charge in [-0.25, -0.2) is 0 Å². The number of phenolic OH excluding ortho intramolecular Hbond substituents is 2. The van der Waals surface area contributed by atoms with Crippen LogP contribution in [0.15, 0.2) is 66.7 Å². The summed E-state index contributed by atoms with van der Waals surface area (Å²) in [7, 11) is 0. The Morgan fingerprint density at radius 1 is 0.892 bits per heavy atom. The van der Waals surface area contributed by atoms with Gasteiger partial charge in [0.1, 0.15) is 29.9 Å². The molecule has 3 aromatic carbocycles. The number of likely N-dealkylation sites (tertiary alicyclic amines) is 1. The van der Waals surface area contributed by atoms with Crippen LogP contribution in [0.3, 0.4) is 0 Å². The standard InChI is InChI=1S/C30H31N3O3.ClH/c31-20-27-26-19-23(34)11-14-28(26)33(30(27)25-7-3-4-8-29(25)35)21-22-9-12-24(13-10-22)36-18-17-32-15-5-1-2-6-16-32;/h3-4,7-14,19,34-35H,1-2,5-6,15-18,21H2;1H. The summed E-state index contributed by atoms with van der Waals surface area (Å²) in [5.41, 5.74) is 3.50. The van der Waals surface area contributed by atoms with Crippen molar-refractivity contribution >= 4 is 23.3 Å². The number of fused-ring (bicyclic) bond motifs is 1. The third-order valence-electron chi connectivity index (χ3n) is 6.96. The van der Waals surface area contributed by atoms with E-state index in [4.69, 9.17) is 4.74 Å². The highest BCUT2D eigenvalue weighted by atomic mass is 35.5. The number of para-hydroxylation sites is 1. The Morgan fingerprint density at radius 3 is 2.32 bits per heavy atom. The van der Waals surface area contributed by atoms with E-state index in [1.807, 2.05) is 47.0 Å². The Bertz CT molecular complexity index is 1380. The van der Waals surface area contributed by atoms with Crippen LogP contribution < -0.4 is 4.74 Å². The molecule has 1 aliphatic rings. The first-order valence-corrected chi connectivity index (χ1v) is 12.6. The molecule has 0 spiro atoms. The van der Waals surface area contributed by atoms with Gasteiger partial charge < -0.3 is 19.5 Å². The molecule has 4 aromatic rings. The van der Waals surface area contributed by atoms with Crippen LogP contribution >= 0.6 is 12.4 Å². The Balaban J connectivity index is 0.00000320. The van der Waals surface area contributed by atoms with Crippen molar-refractivity contribution in [3.8, 4) is 34.6 Å². The monoisotopic (exact) mass is 517 g/mol. The van der Waals surface area contributed by atoms with E-state index in [-0.39, 0.29) is 23.9 Å². The maximum Gasteiger partial charge on any atom is 0.124 e. The van der Waals surface area contributed by atoms with Crippen molar-refractivity contribution in [3.05, 3.63) is 77.9 Å². The highest BCUT2D eigenvalue weighted by molar-refractivity contribution is 5.96. The number of nitriles is 1. The van der Waals surface area contributed by atoms with Crippen molar-refractivity contribution in [1.82, 2.24) is 9.47 Å². The summed E-state index contributed by atoms with van der Waals surface area (Å²) < 4.78 is 8.04. The van der Waals surface area contributed by atoms with Crippen molar-refractivity contribution in [2.75, 3.05) is 26.2 Å². The molecule has 0 aliphatic carbocycles. The van der Waals surface area contributed by atoms with Crippen LogP contribution in [0.1, 0.15) is 36.8 Å². The maximum absolute atomic E-state index is 10.6. The lowest BCUT2D eigenvalue weighted by molar-refractivity contribution is 0.214. The number of rotatable bonds is 7. The van der Waals surface area contributed by atoms with Crippen LogP contribution in [0.25, 0.3) is 22.2 Å². The fourth-order valence-corrected chi connectivity index (χ4v) is 5.10. The zero-order valence-corrected chi connectivity index (χ0v) is 21.6. The van der Waals surface area contributed by atoms with E-state index in [1.165, 1.54) is 25.7 Å². The summed E-state index contributed by atoms with van der Waals surface area (Å²) in [5.74, 6) is 1.05. The number of halogens is 1. The Kier molecular flexibility index (Phi) is 8.60.